The molecule has 0 aliphatic carbocycles. The van der Waals surface area contributed by atoms with Crippen LogP contribution in [-0.2, 0) is 0 Å². The molecule has 3 aliphatic heterocycles. The lowest BCUT2D eigenvalue weighted by Crippen LogP contribution is -2.31. The van der Waals surface area contributed by atoms with Crippen LogP contribution in [0.2, 0.25) is 0 Å². The first-order valence-electron chi connectivity index (χ1n) is 13.3. The third-order valence-corrected chi connectivity index (χ3v) is 7.51. The highest BCUT2D eigenvalue weighted by molar-refractivity contribution is 5.98. The van der Waals surface area contributed by atoms with Crippen LogP contribution < -0.4 is 14.2 Å². The molecular weight excluding hydrogens is 466 g/mol. The molecule has 6 nitrogen and oxygen atoms in total. The van der Waals surface area contributed by atoms with Crippen molar-refractivity contribution in [1.82, 2.24) is 4.90 Å². The molecule has 2 N–H and O–H groups in total. The molecule has 37 heavy (non-hydrogen) atoms. The lowest BCUT2D eigenvalue weighted by atomic mass is 9.84. The molecule has 1 atom stereocenters. The van der Waals surface area contributed by atoms with E-state index in [-0.39, 0.29) is 17.6 Å². The minimum absolute atomic E-state index is 0.170. The number of phenolic OH excluding ortho intramolecular Hbond substituents is 2. The van der Waals surface area contributed by atoms with E-state index < -0.39 is 0 Å². The highest BCUT2D eigenvalue weighted by Crippen LogP contribution is 2.51. The summed E-state index contributed by atoms with van der Waals surface area (Å²) in [6.07, 6.45) is 5.31. The molecule has 0 amide bonds. The van der Waals surface area contributed by atoms with E-state index in [2.05, 4.69) is 17.0 Å². The summed E-state index contributed by atoms with van der Waals surface area (Å²) in [5, 5.41) is 20.2. The second-order valence-electron chi connectivity index (χ2n) is 10.0. The molecule has 3 aromatic rings. The fraction of sp³-hybridized carbons (Fsp3) is 0.355. The number of likely N-dealkylation sites (tertiary alicyclic amines) is 1. The molecule has 1 saturated heterocycles. The van der Waals surface area contributed by atoms with Crippen LogP contribution in [0.3, 0.4) is 0 Å². The Balaban J connectivity index is 1.26. The first-order valence-corrected chi connectivity index (χ1v) is 13.3. The molecule has 6 heteroatoms. The minimum atomic E-state index is -0.387. The normalized spacial score (nSPS) is 19.1. The number of ether oxygens (including phenoxy) is 3. The van der Waals surface area contributed by atoms with Crippen LogP contribution in [0.5, 0.6) is 28.7 Å². The lowest BCUT2D eigenvalue weighted by Gasteiger charge is -2.31. The summed E-state index contributed by atoms with van der Waals surface area (Å²) in [5.41, 5.74) is 5.02. The summed E-state index contributed by atoms with van der Waals surface area (Å²) in [5.74, 6) is 2.49. The Morgan fingerprint density at radius 1 is 0.838 bits per heavy atom. The zero-order valence-corrected chi connectivity index (χ0v) is 21.0. The fourth-order valence-electron chi connectivity index (χ4n) is 5.67. The molecule has 0 bridgehead atoms. The molecule has 0 radical (unpaired) electrons. The van der Waals surface area contributed by atoms with Gasteiger partial charge in [0, 0.05) is 41.8 Å². The van der Waals surface area contributed by atoms with E-state index in [4.69, 9.17) is 14.2 Å². The monoisotopic (exact) mass is 499 g/mol. The van der Waals surface area contributed by atoms with Crippen LogP contribution in [0.4, 0.5) is 0 Å². The van der Waals surface area contributed by atoms with Gasteiger partial charge in [0.05, 0.1) is 13.2 Å². The van der Waals surface area contributed by atoms with Crippen molar-refractivity contribution in [1.29, 1.82) is 0 Å². The summed E-state index contributed by atoms with van der Waals surface area (Å²) < 4.78 is 18.6. The number of rotatable bonds is 6. The van der Waals surface area contributed by atoms with Gasteiger partial charge in [-0.15, -0.1) is 0 Å². The van der Waals surface area contributed by atoms with E-state index in [0.29, 0.717) is 31.1 Å². The quantitative estimate of drug-likeness (QED) is 0.395. The molecule has 0 unspecified atom stereocenters. The van der Waals surface area contributed by atoms with Crippen molar-refractivity contribution in [3.05, 3.63) is 77.4 Å². The predicted molar refractivity (Wildman–Crippen MR) is 143 cm³/mol. The number of fused-ring (bicyclic) bond motifs is 4. The van der Waals surface area contributed by atoms with Gasteiger partial charge < -0.3 is 29.3 Å². The second-order valence-corrected chi connectivity index (χ2v) is 10.0. The highest BCUT2D eigenvalue weighted by Gasteiger charge is 2.34. The van der Waals surface area contributed by atoms with E-state index in [9.17, 15) is 10.2 Å². The molecule has 3 aromatic carbocycles. The standard InChI is InChI=1S/C31H33NO5/c33-22-8-12-27-28(19-22)36-18-13-26-25-11-7-23(34)20-29(25)37-31(30(26)27)21-5-9-24(10-6-21)35-17-4-16-32-14-2-1-3-15-32/h5-12,19-20,31,33-34H,1-4,13-18H2/t31-/m0/s1. The molecular formula is C31H33NO5. The third kappa shape index (κ3) is 4.98. The molecule has 0 spiro atoms. The van der Waals surface area contributed by atoms with Crippen LogP contribution >= 0.6 is 0 Å². The summed E-state index contributed by atoms with van der Waals surface area (Å²) in [4.78, 5) is 2.53. The van der Waals surface area contributed by atoms with Crippen LogP contribution in [0, 0.1) is 0 Å². The number of hydrogen-bond acceptors (Lipinski definition) is 6. The van der Waals surface area contributed by atoms with Gasteiger partial charge in [0.15, 0.2) is 0 Å². The van der Waals surface area contributed by atoms with Gasteiger partial charge >= 0.3 is 0 Å². The smallest absolute Gasteiger partial charge is 0.150 e. The molecule has 1 fully saturated rings. The van der Waals surface area contributed by atoms with Crippen LogP contribution in [-0.4, -0.2) is 48.0 Å². The average Bonchev–Trinajstić information content (AvgIpc) is 3.11. The van der Waals surface area contributed by atoms with Crippen molar-refractivity contribution in [2.45, 2.75) is 38.2 Å². The van der Waals surface area contributed by atoms with Crippen LogP contribution in [0.1, 0.15) is 54.9 Å². The van der Waals surface area contributed by atoms with E-state index in [1.165, 1.54) is 32.4 Å². The average molecular weight is 500 g/mol. The zero-order chi connectivity index (χ0) is 25.2. The van der Waals surface area contributed by atoms with Crippen molar-refractivity contribution in [2.24, 2.45) is 0 Å². The third-order valence-electron chi connectivity index (χ3n) is 7.51. The number of phenols is 2. The van der Waals surface area contributed by atoms with Crippen molar-refractivity contribution in [3.8, 4) is 28.7 Å². The topological polar surface area (TPSA) is 71.4 Å². The number of hydrogen-bond donors (Lipinski definition) is 2. The van der Waals surface area contributed by atoms with E-state index in [1.807, 2.05) is 24.3 Å². The number of nitrogens with zero attached hydrogens (tertiary/aromatic N) is 1. The molecule has 192 valence electrons. The van der Waals surface area contributed by atoms with Gasteiger partial charge in [-0.3, -0.25) is 0 Å². The maximum absolute atomic E-state index is 10.1. The van der Waals surface area contributed by atoms with Gasteiger partial charge in [-0.05, 0) is 79.9 Å². The van der Waals surface area contributed by atoms with Crippen LogP contribution in [0.15, 0.2) is 60.7 Å². The van der Waals surface area contributed by atoms with Gasteiger partial charge in [0.2, 0.25) is 0 Å². The van der Waals surface area contributed by atoms with Gasteiger partial charge in [-0.2, -0.15) is 0 Å². The van der Waals surface area contributed by atoms with Gasteiger partial charge in [-0.25, -0.2) is 0 Å². The summed E-state index contributed by atoms with van der Waals surface area (Å²) in [6, 6.07) is 18.6. The highest BCUT2D eigenvalue weighted by atomic mass is 16.5. The summed E-state index contributed by atoms with van der Waals surface area (Å²) in [6.45, 7) is 4.71. The maximum Gasteiger partial charge on any atom is 0.150 e. The van der Waals surface area contributed by atoms with Crippen molar-refractivity contribution < 1.29 is 24.4 Å². The zero-order valence-electron chi connectivity index (χ0n) is 21.0. The lowest BCUT2D eigenvalue weighted by molar-refractivity contribution is 0.205. The van der Waals surface area contributed by atoms with E-state index in [1.54, 1.807) is 24.3 Å². The summed E-state index contributed by atoms with van der Waals surface area (Å²) >= 11 is 0. The number of benzene rings is 3. The minimum Gasteiger partial charge on any atom is -0.508 e. The predicted octanol–water partition coefficient (Wildman–Crippen LogP) is 6.18. The van der Waals surface area contributed by atoms with Gasteiger partial charge in [0.1, 0.15) is 34.9 Å². The number of piperidine rings is 1. The Hall–Kier alpha value is -3.64. The first-order chi connectivity index (χ1) is 18.2. The molecule has 3 heterocycles. The van der Waals surface area contributed by atoms with Gasteiger partial charge in [0.25, 0.3) is 0 Å². The van der Waals surface area contributed by atoms with E-state index in [0.717, 1.165) is 46.6 Å². The SMILES string of the molecule is Oc1ccc2c(c1)O[C@@H](c1ccc(OCCCN3CCCCC3)cc1)C1=C2CCOc2cc(O)ccc21. The second kappa shape index (κ2) is 10.4. The Bertz CT molecular complexity index is 1290. The molecule has 0 saturated carbocycles. The maximum atomic E-state index is 10.1. The Labute approximate surface area is 217 Å². The fourth-order valence-corrected chi connectivity index (χ4v) is 5.67. The molecule has 0 aromatic heterocycles. The van der Waals surface area contributed by atoms with Crippen LogP contribution in [0.25, 0.3) is 11.1 Å². The Kier molecular flexibility index (Phi) is 6.66. The largest absolute Gasteiger partial charge is 0.508 e. The molecule has 6 rings (SSSR count). The van der Waals surface area contributed by atoms with E-state index >= 15 is 0 Å². The van der Waals surface area contributed by atoms with Crippen molar-refractivity contribution in [3.63, 3.8) is 0 Å². The summed E-state index contributed by atoms with van der Waals surface area (Å²) in [7, 11) is 0. The Morgan fingerprint density at radius 3 is 2.35 bits per heavy atom. The van der Waals surface area contributed by atoms with Crippen molar-refractivity contribution in [2.75, 3.05) is 32.8 Å². The Morgan fingerprint density at radius 2 is 1.57 bits per heavy atom. The van der Waals surface area contributed by atoms with Gasteiger partial charge in [-0.1, -0.05) is 18.6 Å². The molecule has 3 aliphatic rings. The first kappa shape index (κ1) is 23.7. The number of aromatic hydroxyl groups is 2. The van der Waals surface area contributed by atoms with Crippen molar-refractivity contribution >= 4 is 11.1 Å².